The fourth-order valence-corrected chi connectivity index (χ4v) is 2.31. The van der Waals surface area contributed by atoms with Crippen molar-refractivity contribution in [2.24, 2.45) is 0 Å². The third-order valence-electron chi connectivity index (χ3n) is 2.37. The van der Waals surface area contributed by atoms with E-state index in [1.54, 1.807) is 16.8 Å². The van der Waals surface area contributed by atoms with Gasteiger partial charge in [-0.1, -0.05) is 23.9 Å². The number of fused-ring (bicyclic) bond motifs is 1. The maximum absolute atomic E-state index is 10.7. The van der Waals surface area contributed by atoms with Crippen LogP contribution >= 0.6 is 11.8 Å². The monoisotopic (exact) mass is 249 g/mol. The third-order valence-corrected chi connectivity index (χ3v) is 3.17. The molecular weight excluding hydrogens is 242 g/mol. The lowest BCUT2D eigenvalue weighted by molar-refractivity contribution is -0.384. The Bertz CT molecular complexity index is 597. The number of thioether (sulfide) groups is 1. The first-order valence-corrected chi connectivity index (χ1v) is 5.81. The summed E-state index contributed by atoms with van der Waals surface area (Å²) in [5.41, 5.74) is 3.80. The summed E-state index contributed by atoms with van der Waals surface area (Å²) in [7, 11) is 0. The fraction of sp³-hybridized carbons (Fsp3) is 0.111. The topological polar surface area (TPSA) is 85.9 Å². The summed E-state index contributed by atoms with van der Waals surface area (Å²) in [6.07, 6.45) is 0. The highest BCUT2D eigenvalue weighted by atomic mass is 32.2. The molecule has 0 aliphatic carbocycles. The average Bonchev–Trinajstić information content (AvgIpc) is 2.90. The van der Waals surface area contributed by atoms with Crippen molar-refractivity contribution in [2.75, 3.05) is 11.3 Å². The van der Waals surface area contributed by atoms with E-state index in [9.17, 15) is 10.1 Å². The normalized spacial score (nSPS) is 13.2. The predicted molar refractivity (Wildman–Crippen MR) is 62.2 cm³/mol. The molecule has 2 heterocycles. The Morgan fingerprint density at radius 2 is 2.35 bits per heavy atom. The van der Waals surface area contributed by atoms with Gasteiger partial charge in [0.1, 0.15) is 0 Å². The first-order valence-electron chi connectivity index (χ1n) is 4.82. The molecule has 86 valence electrons. The van der Waals surface area contributed by atoms with Gasteiger partial charge in [0.05, 0.1) is 10.8 Å². The summed E-state index contributed by atoms with van der Waals surface area (Å²) in [6, 6.07) is 6.35. The van der Waals surface area contributed by atoms with Crippen LogP contribution in [-0.2, 0) is 0 Å². The van der Waals surface area contributed by atoms with E-state index in [0.29, 0.717) is 11.4 Å². The maximum atomic E-state index is 10.7. The average molecular weight is 249 g/mol. The van der Waals surface area contributed by atoms with Crippen molar-refractivity contribution >= 4 is 17.4 Å². The highest BCUT2D eigenvalue weighted by molar-refractivity contribution is 7.99. The Morgan fingerprint density at radius 1 is 1.47 bits per heavy atom. The number of nitrogens with zero attached hydrogens (tertiary/aromatic N) is 4. The summed E-state index contributed by atoms with van der Waals surface area (Å²) in [4.78, 5) is 10.3. The van der Waals surface area contributed by atoms with Gasteiger partial charge in [-0.05, 0) is 0 Å². The molecule has 1 aromatic heterocycles. The highest BCUT2D eigenvalue weighted by Crippen LogP contribution is 2.28. The van der Waals surface area contributed by atoms with E-state index in [-0.39, 0.29) is 5.69 Å². The summed E-state index contributed by atoms with van der Waals surface area (Å²) in [5, 5.41) is 19.5. The molecule has 0 radical (unpaired) electrons. The van der Waals surface area contributed by atoms with Gasteiger partial charge in [0.15, 0.2) is 5.82 Å². The van der Waals surface area contributed by atoms with Gasteiger partial charge in [-0.25, -0.2) is 4.68 Å². The molecule has 0 spiro atoms. The Balaban J connectivity index is 2.09. The van der Waals surface area contributed by atoms with Crippen molar-refractivity contribution in [1.29, 1.82) is 0 Å². The van der Waals surface area contributed by atoms with Crippen molar-refractivity contribution in [3.05, 3.63) is 34.4 Å². The minimum absolute atomic E-state index is 0.0468. The molecule has 0 fully saturated rings. The van der Waals surface area contributed by atoms with Crippen LogP contribution < -0.4 is 5.43 Å². The zero-order chi connectivity index (χ0) is 11.8. The van der Waals surface area contributed by atoms with Crippen molar-refractivity contribution < 1.29 is 4.92 Å². The fourth-order valence-electron chi connectivity index (χ4n) is 1.61. The lowest BCUT2D eigenvalue weighted by atomic mass is 10.2. The first-order chi connectivity index (χ1) is 8.25. The lowest BCUT2D eigenvalue weighted by Gasteiger charge is -2.03. The number of rotatable bonds is 2. The highest BCUT2D eigenvalue weighted by Gasteiger charge is 2.19. The largest absolute Gasteiger partial charge is 0.312 e. The van der Waals surface area contributed by atoms with E-state index in [1.165, 1.54) is 23.9 Å². The standard InChI is InChI=1S/C9H7N5O2S/c15-14(16)7-3-1-2-6(4-7)8-11-12-9-13(8)10-5-17-9/h1-4,10H,5H2. The van der Waals surface area contributed by atoms with E-state index < -0.39 is 4.92 Å². The number of nitro groups is 1. The van der Waals surface area contributed by atoms with Gasteiger partial charge in [0.2, 0.25) is 5.16 Å². The maximum Gasteiger partial charge on any atom is 0.270 e. The molecule has 0 unspecified atom stereocenters. The molecule has 1 aromatic carbocycles. The number of benzene rings is 1. The van der Waals surface area contributed by atoms with Crippen LogP contribution in [0.1, 0.15) is 0 Å². The van der Waals surface area contributed by atoms with Crippen LogP contribution in [0.5, 0.6) is 0 Å². The van der Waals surface area contributed by atoms with Crippen molar-refractivity contribution in [3.8, 4) is 11.4 Å². The minimum Gasteiger partial charge on any atom is -0.312 e. The van der Waals surface area contributed by atoms with Crippen molar-refractivity contribution in [2.45, 2.75) is 5.16 Å². The quantitative estimate of drug-likeness (QED) is 0.640. The molecule has 0 amide bonds. The number of non-ortho nitro benzene ring substituents is 1. The van der Waals surface area contributed by atoms with Gasteiger partial charge >= 0.3 is 0 Å². The second-order valence-electron chi connectivity index (χ2n) is 3.40. The number of hydrogen-bond acceptors (Lipinski definition) is 6. The third kappa shape index (κ3) is 1.62. The van der Waals surface area contributed by atoms with Crippen LogP contribution in [0, 0.1) is 10.1 Å². The predicted octanol–water partition coefficient (Wildman–Crippen LogP) is 1.46. The zero-order valence-electron chi connectivity index (χ0n) is 8.53. The van der Waals surface area contributed by atoms with Crippen LogP contribution in [0.15, 0.2) is 29.4 Å². The first kappa shape index (κ1) is 10.1. The van der Waals surface area contributed by atoms with Crippen molar-refractivity contribution in [3.63, 3.8) is 0 Å². The molecule has 1 aliphatic rings. The number of aromatic nitrogens is 3. The smallest absolute Gasteiger partial charge is 0.270 e. The van der Waals surface area contributed by atoms with Gasteiger partial charge in [-0.3, -0.25) is 10.1 Å². The van der Waals surface area contributed by atoms with Crippen LogP contribution in [0.25, 0.3) is 11.4 Å². The van der Waals surface area contributed by atoms with E-state index in [0.717, 1.165) is 11.0 Å². The van der Waals surface area contributed by atoms with Crippen molar-refractivity contribution in [1.82, 2.24) is 14.9 Å². The van der Waals surface area contributed by atoms with E-state index in [4.69, 9.17) is 0 Å². The molecule has 17 heavy (non-hydrogen) atoms. The molecule has 0 saturated carbocycles. The molecule has 1 aliphatic heterocycles. The van der Waals surface area contributed by atoms with Gasteiger partial charge in [-0.15, -0.1) is 10.2 Å². The molecule has 3 rings (SSSR count). The molecular formula is C9H7N5O2S. The number of nitrogens with one attached hydrogen (secondary N) is 1. The van der Waals surface area contributed by atoms with Crippen LogP contribution in [0.3, 0.4) is 0 Å². The summed E-state index contributed by atoms with van der Waals surface area (Å²) in [6.45, 7) is 0. The van der Waals surface area contributed by atoms with Gasteiger partial charge in [0, 0.05) is 17.7 Å². The molecule has 1 N–H and O–H groups in total. The van der Waals surface area contributed by atoms with Gasteiger partial charge < -0.3 is 5.43 Å². The second-order valence-corrected chi connectivity index (χ2v) is 4.34. The molecule has 8 heteroatoms. The van der Waals surface area contributed by atoms with E-state index >= 15 is 0 Å². The second kappa shape index (κ2) is 3.74. The summed E-state index contributed by atoms with van der Waals surface area (Å²) in [5.74, 6) is 1.32. The van der Waals surface area contributed by atoms with Crippen LogP contribution in [-0.4, -0.2) is 25.7 Å². The van der Waals surface area contributed by atoms with Gasteiger partial charge in [-0.2, -0.15) is 0 Å². The van der Waals surface area contributed by atoms with Gasteiger partial charge in [0.25, 0.3) is 5.69 Å². The number of nitro benzene ring substituents is 1. The Kier molecular flexibility index (Phi) is 2.22. The number of hydrogen-bond donors (Lipinski definition) is 1. The molecule has 7 nitrogen and oxygen atoms in total. The Morgan fingerprint density at radius 3 is 3.18 bits per heavy atom. The molecule has 0 atom stereocenters. The van der Waals surface area contributed by atoms with E-state index in [1.807, 2.05) is 0 Å². The minimum atomic E-state index is -0.424. The summed E-state index contributed by atoms with van der Waals surface area (Å²) >= 11 is 1.54. The zero-order valence-corrected chi connectivity index (χ0v) is 9.35. The molecule has 0 saturated heterocycles. The van der Waals surface area contributed by atoms with E-state index in [2.05, 4.69) is 15.6 Å². The molecule has 0 bridgehead atoms. The Hall–Kier alpha value is -2.09. The van der Waals surface area contributed by atoms with Crippen LogP contribution in [0.2, 0.25) is 0 Å². The lowest BCUT2D eigenvalue weighted by Crippen LogP contribution is -2.09. The van der Waals surface area contributed by atoms with Crippen LogP contribution in [0.4, 0.5) is 5.69 Å². The SMILES string of the molecule is O=[N+]([O-])c1cccc(-c2nnc3n2NCS3)c1. The Labute approximate surface area is 100.0 Å². The summed E-state index contributed by atoms with van der Waals surface area (Å²) < 4.78 is 1.74. The molecule has 2 aromatic rings.